The Labute approximate surface area is 234 Å². The van der Waals surface area contributed by atoms with E-state index in [1.165, 1.54) is 24.5 Å². The van der Waals surface area contributed by atoms with Crippen molar-refractivity contribution >= 4 is 29.0 Å². The Bertz CT molecular complexity index is 1400. The fourth-order valence-corrected chi connectivity index (χ4v) is 4.85. The summed E-state index contributed by atoms with van der Waals surface area (Å²) >= 11 is 6.31. The third-order valence-corrected chi connectivity index (χ3v) is 7.09. The maximum absolute atomic E-state index is 13.7. The molecule has 1 aromatic heterocycles. The summed E-state index contributed by atoms with van der Waals surface area (Å²) in [6.45, 7) is 2.85. The summed E-state index contributed by atoms with van der Waals surface area (Å²) in [7, 11) is 3.98. The zero-order valence-electron chi connectivity index (χ0n) is 21.9. The number of hydrogen-bond acceptors (Lipinski definition) is 8. The molecule has 40 heavy (non-hydrogen) atoms. The van der Waals surface area contributed by atoms with Crippen molar-refractivity contribution in [2.75, 3.05) is 51.0 Å². The molecule has 0 bridgehead atoms. The van der Waals surface area contributed by atoms with Crippen LogP contribution in [0, 0.1) is 0 Å². The summed E-state index contributed by atoms with van der Waals surface area (Å²) in [4.78, 5) is 25.6. The Hall–Kier alpha value is -3.61. The summed E-state index contributed by atoms with van der Waals surface area (Å²) in [6, 6.07) is 8.29. The summed E-state index contributed by atoms with van der Waals surface area (Å²) in [5.41, 5.74) is -0.189. The number of benzene rings is 2. The van der Waals surface area contributed by atoms with Crippen LogP contribution in [0.2, 0.25) is 5.02 Å². The van der Waals surface area contributed by atoms with Gasteiger partial charge in [-0.2, -0.15) is 18.2 Å². The molecule has 0 saturated carbocycles. The number of alkyl halides is 3. The quantitative estimate of drug-likeness (QED) is 0.400. The molecule has 3 aromatic rings. The number of likely N-dealkylation sites (N-methyl/N-ethyl adjacent to an activating group) is 1. The van der Waals surface area contributed by atoms with Crippen LogP contribution in [0.1, 0.15) is 27.9 Å². The van der Waals surface area contributed by atoms with Crippen molar-refractivity contribution in [3.8, 4) is 17.4 Å². The Balaban J connectivity index is 1.36. The second kappa shape index (κ2) is 11.5. The van der Waals surface area contributed by atoms with Gasteiger partial charge in [-0.25, -0.2) is 4.98 Å². The molecule has 2 aliphatic rings. The van der Waals surface area contributed by atoms with Gasteiger partial charge in [-0.3, -0.25) is 9.69 Å². The Morgan fingerprint density at radius 2 is 2.08 bits per heavy atom. The van der Waals surface area contributed by atoms with E-state index in [1.54, 1.807) is 6.07 Å². The fraction of sp³-hybridized carbons (Fsp3) is 0.370. The number of hydrogen-bond donors (Lipinski definition) is 2. The van der Waals surface area contributed by atoms with Crippen LogP contribution in [0.4, 0.5) is 24.7 Å². The summed E-state index contributed by atoms with van der Waals surface area (Å²) in [5, 5.41) is 5.87. The summed E-state index contributed by atoms with van der Waals surface area (Å²) in [5.74, 6) is 0.387. The number of carbonyl (C=O) groups is 1. The van der Waals surface area contributed by atoms with Gasteiger partial charge in [0.25, 0.3) is 11.8 Å². The number of nitrogens with zero attached hydrogens (tertiary/aromatic N) is 4. The van der Waals surface area contributed by atoms with Crippen LogP contribution >= 0.6 is 11.6 Å². The minimum absolute atomic E-state index is 0.0416. The van der Waals surface area contributed by atoms with E-state index in [1.807, 2.05) is 14.1 Å². The van der Waals surface area contributed by atoms with E-state index >= 15 is 0 Å². The molecule has 0 radical (unpaired) electrons. The van der Waals surface area contributed by atoms with Gasteiger partial charge >= 0.3 is 6.18 Å². The zero-order valence-corrected chi connectivity index (χ0v) is 22.6. The summed E-state index contributed by atoms with van der Waals surface area (Å²) in [6.07, 6.45) is -2.33. The number of nitrogens with one attached hydrogen (secondary N) is 2. The van der Waals surface area contributed by atoms with Crippen molar-refractivity contribution in [2.45, 2.75) is 25.2 Å². The van der Waals surface area contributed by atoms with E-state index in [0.29, 0.717) is 42.9 Å². The fourth-order valence-electron chi connectivity index (χ4n) is 4.69. The van der Waals surface area contributed by atoms with Crippen LogP contribution < -0.4 is 20.1 Å². The number of rotatable bonds is 7. The molecule has 1 amide bonds. The number of anilines is 2. The van der Waals surface area contributed by atoms with E-state index in [9.17, 15) is 18.0 Å². The summed E-state index contributed by atoms with van der Waals surface area (Å²) < 4.78 is 52.6. The molecule has 0 spiro atoms. The molecular formula is C27H28ClF3N6O3. The Morgan fingerprint density at radius 1 is 1.25 bits per heavy atom. The van der Waals surface area contributed by atoms with E-state index in [-0.39, 0.29) is 27.9 Å². The molecule has 212 valence electrons. The molecule has 0 unspecified atom stereocenters. The largest absolute Gasteiger partial charge is 0.483 e. The van der Waals surface area contributed by atoms with Crippen molar-refractivity contribution in [2.24, 2.45) is 0 Å². The lowest BCUT2D eigenvalue weighted by Crippen LogP contribution is -2.31. The maximum atomic E-state index is 13.7. The lowest BCUT2D eigenvalue weighted by molar-refractivity contribution is -0.137. The zero-order chi connectivity index (χ0) is 28.4. The molecule has 0 aliphatic carbocycles. The highest BCUT2D eigenvalue weighted by atomic mass is 35.5. The first-order chi connectivity index (χ1) is 19.1. The molecule has 2 aliphatic heterocycles. The van der Waals surface area contributed by atoms with Crippen LogP contribution in [0.15, 0.2) is 42.7 Å². The SMILES string of the molecule is CN(C)[C@@H]1CCN(Cc2cc(NC(=O)c3ccc(Cl)c(Oc4ncnc5c4OCCN5)c3)cc(C(F)(F)F)c2)C1. The van der Waals surface area contributed by atoms with Crippen molar-refractivity contribution in [3.05, 3.63) is 64.4 Å². The van der Waals surface area contributed by atoms with Crippen LogP contribution in [-0.4, -0.2) is 72.1 Å². The maximum Gasteiger partial charge on any atom is 0.416 e. The predicted molar refractivity (Wildman–Crippen MR) is 144 cm³/mol. The number of amides is 1. The second-order valence-corrected chi connectivity index (χ2v) is 10.3. The van der Waals surface area contributed by atoms with E-state index in [2.05, 4.69) is 30.4 Å². The number of likely N-dealkylation sites (tertiary alicyclic amines) is 1. The van der Waals surface area contributed by atoms with Gasteiger partial charge in [0.05, 0.1) is 17.1 Å². The molecule has 1 atom stereocenters. The minimum Gasteiger partial charge on any atom is -0.483 e. The predicted octanol–water partition coefficient (Wildman–Crippen LogP) is 5.13. The number of fused-ring (bicyclic) bond motifs is 1. The van der Waals surface area contributed by atoms with E-state index in [0.717, 1.165) is 31.6 Å². The van der Waals surface area contributed by atoms with Gasteiger partial charge in [0.15, 0.2) is 5.82 Å². The van der Waals surface area contributed by atoms with Crippen LogP contribution in [0.3, 0.4) is 0 Å². The topological polar surface area (TPSA) is 91.9 Å². The molecule has 2 N–H and O–H groups in total. The molecule has 2 aromatic carbocycles. The smallest absolute Gasteiger partial charge is 0.416 e. The standard InChI is InChI=1S/C27H28ClF3N6O3/c1-36(2)20-5-7-37(14-20)13-16-9-18(27(29,30)31)12-19(10-16)35-25(38)17-3-4-21(28)22(11-17)40-26-23-24(33-15-34-26)32-6-8-39-23/h3-4,9-12,15,20H,5-8,13-14H2,1-2H3,(H,35,38)(H,32,33,34)/t20-/m1/s1. The molecule has 3 heterocycles. The normalized spacial score (nSPS) is 17.2. The van der Waals surface area contributed by atoms with Crippen LogP contribution in [-0.2, 0) is 12.7 Å². The van der Waals surface area contributed by atoms with Crippen molar-refractivity contribution in [1.82, 2.24) is 19.8 Å². The van der Waals surface area contributed by atoms with Gasteiger partial charge in [-0.15, -0.1) is 0 Å². The van der Waals surface area contributed by atoms with Gasteiger partial charge in [0, 0.05) is 36.9 Å². The van der Waals surface area contributed by atoms with Crippen molar-refractivity contribution in [1.29, 1.82) is 0 Å². The van der Waals surface area contributed by atoms with Gasteiger partial charge in [0.1, 0.15) is 18.7 Å². The lowest BCUT2D eigenvalue weighted by atomic mass is 10.1. The average molecular weight is 577 g/mol. The number of carbonyl (C=O) groups excluding carboxylic acids is 1. The number of ether oxygens (including phenoxy) is 2. The third-order valence-electron chi connectivity index (χ3n) is 6.77. The van der Waals surface area contributed by atoms with Gasteiger partial charge in [0.2, 0.25) is 5.75 Å². The van der Waals surface area contributed by atoms with E-state index < -0.39 is 17.6 Å². The third kappa shape index (κ3) is 6.40. The first-order valence-electron chi connectivity index (χ1n) is 12.7. The lowest BCUT2D eigenvalue weighted by Gasteiger charge is -2.21. The Kier molecular flexibility index (Phi) is 8.02. The average Bonchev–Trinajstić information content (AvgIpc) is 3.38. The van der Waals surface area contributed by atoms with Crippen LogP contribution in [0.5, 0.6) is 17.4 Å². The molecule has 9 nitrogen and oxygen atoms in total. The number of aromatic nitrogens is 2. The molecule has 5 rings (SSSR count). The minimum atomic E-state index is -4.57. The van der Waals surface area contributed by atoms with Crippen molar-refractivity contribution in [3.63, 3.8) is 0 Å². The highest BCUT2D eigenvalue weighted by Crippen LogP contribution is 2.38. The second-order valence-electron chi connectivity index (χ2n) is 9.89. The molecule has 1 saturated heterocycles. The molecular weight excluding hydrogens is 549 g/mol. The molecule has 1 fully saturated rings. The van der Waals surface area contributed by atoms with Gasteiger partial charge < -0.3 is 25.0 Å². The van der Waals surface area contributed by atoms with Gasteiger partial charge in [-0.05, 0) is 62.5 Å². The molecule has 13 heteroatoms. The highest BCUT2D eigenvalue weighted by Gasteiger charge is 2.32. The van der Waals surface area contributed by atoms with Crippen LogP contribution in [0.25, 0.3) is 0 Å². The highest BCUT2D eigenvalue weighted by molar-refractivity contribution is 6.32. The van der Waals surface area contributed by atoms with Gasteiger partial charge in [-0.1, -0.05) is 11.6 Å². The Morgan fingerprint density at radius 3 is 2.83 bits per heavy atom. The van der Waals surface area contributed by atoms with E-state index in [4.69, 9.17) is 21.1 Å². The van der Waals surface area contributed by atoms with Crippen molar-refractivity contribution < 1.29 is 27.4 Å². The number of halogens is 4. The first kappa shape index (κ1) is 27.9. The first-order valence-corrected chi connectivity index (χ1v) is 13.0. The monoisotopic (exact) mass is 576 g/mol.